The van der Waals surface area contributed by atoms with Gasteiger partial charge in [-0.1, -0.05) is 30.3 Å². The van der Waals surface area contributed by atoms with Crippen LogP contribution in [0, 0.1) is 5.82 Å². The zero-order valence-corrected chi connectivity index (χ0v) is 18.2. The molecular formula is C26H21FN2O4. The predicted molar refractivity (Wildman–Crippen MR) is 123 cm³/mol. The van der Waals surface area contributed by atoms with Crippen LogP contribution in [-0.4, -0.2) is 32.6 Å². The Balaban J connectivity index is 1.66. The molecule has 0 N–H and O–H groups in total. The van der Waals surface area contributed by atoms with E-state index in [1.807, 2.05) is 29.2 Å². The monoisotopic (exact) mass is 444 g/mol. The minimum Gasteiger partial charge on any atom is -0.493 e. The van der Waals surface area contributed by atoms with Crippen LogP contribution < -0.4 is 19.3 Å². The van der Waals surface area contributed by atoms with Crippen molar-refractivity contribution in [1.29, 1.82) is 0 Å². The molecule has 2 amide bonds. The Labute approximate surface area is 190 Å². The van der Waals surface area contributed by atoms with Gasteiger partial charge in [0.25, 0.3) is 11.8 Å². The van der Waals surface area contributed by atoms with Crippen molar-refractivity contribution in [3.8, 4) is 11.5 Å². The van der Waals surface area contributed by atoms with Crippen molar-refractivity contribution in [1.82, 2.24) is 0 Å². The minimum absolute atomic E-state index is 0.242. The normalized spacial score (nSPS) is 15.4. The largest absolute Gasteiger partial charge is 0.493 e. The first-order valence-electron chi connectivity index (χ1n) is 10.5. The molecule has 0 fully saturated rings. The van der Waals surface area contributed by atoms with Gasteiger partial charge < -0.3 is 14.4 Å². The van der Waals surface area contributed by atoms with E-state index in [9.17, 15) is 14.0 Å². The lowest BCUT2D eigenvalue weighted by atomic mass is 10.0. The van der Waals surface area contributed by atoms with Crippen molar-refractivity contribution >= 4 is 28.8 Å². The van der Waals surface area contributed by atoms with Gasteiger partial charge >= 0.3 is 0 Å². The lowest BCUT2D eigenvalue weighted by molar-refractivity contribution is -0.120. The van der Waals surface area contributed by atoms with Gasteiger partial charge in [0.1, 0.15) is 11.5 Å². The average molecular weight is 444 g/mol. The van der Waals surface area contributed by atoms with Gasteiger partial charge in [-0.05, 0) is 47.9 Å². The summed E-state index contributed by atoms with van der Waals surface area (Å²) in [6, 6.07) is 18.3. The number of rotatable bonds is 5. The van der Waals surface area contributed by atoms with Gasteiger partial charge in [-0.15, -0.1) is 0 Å². The standard InChI is InChI=1S/C26H21FN2O4/c1-32-21-12-11-19(15-22(21)33-2)29-25(30)23(17-7-9-18(27)10-8-17)24(26(29)31)28-14-13-16-5-3-4-6-20(16)28/h3-12,15H,13-14H2,1-2H3. The highest BCUT2D eigenvalue weighted by Gasteiger charge is 2.44. The topological polar surface area (TPSA) is 59.1 Å². The number of anilines is 2. The highest BCUT2D eigenvalue weighted by Crippen LogP contribution is 2.41. The molecule has 5 rings (SSSR count). The molecule has 0 spiro atoms. The van der Waals surface area contributed by atoms with Crippen LogP contribution in [0.3, 0.4) is 0 Å². The molecule has 0 radical (unpaired) electrons. The van der Waals surface area contributed by atoms with Gasteiger partial charge in [0.15, 0.2) is 11.5 Å². The fraction of sp³-hybridized carbons (Fsp3) is 0.154. The zero-order chi connectivity index (χ0) is 23.1. The van der Waals surface area contributed by atoms with Crippen molar-refractivity contribution in [3.63, 3.8) is 0 Å². The number of benzene rings is 3. The summed E-state index contributed by atoms with van der Waals surface area (Å²) in [5.74, 6) is -0.443. The lowest BCUT2D eigenvalue weighted by Crippen LogP contribution is -2.34. The minimum atomic E-state index is -0.474. The molecule has 2 aliphatic heterocycles. The Morgan fingerprint density at radius 2 is 1.58 bits per heavy atom. The van der Waals surface area contributed by atoms with Crippen LogP contribution in [0.15, 0.2) is 72.4 Å². The van der Waals surface area contributed by atoms with E-state index in [0.717, 1.165) is 22.6 Å². The molecule has 0 bridgehead atoms. The molecule has 3 aromatic carbocycles. The number of para-hydroxylation sites is 1. The Bertz CT molecular complexity index is 1300. The van der Waals surface area contributed by atoms with Crippen LogP contribution in [0.5, 0.6) is 11.5 Å². The number of nitrogens with zero attached hydrogens (tertiary/aromatic N) is 2. The molecule has 33 heavy (non-hydrogen) atoms. The highest BCUT2D eigenvalue weighted by atomic mass is 19.1. The summed E-state index contributed by atoms with van der Waals surface area (Å²) in [6.45, 7) is 0.568. The number of amides is 2. The smallest absolute Gasteiger partial charge is 0.282 e. The second-order valence-corrected chi connectivity index (χ2v) is 7.75. The van der Waals surface area contributed by atoms with Gasteiger partial charge in [-0.25, -0.2) is 9.29 Å². The van der Waals surface area contributed by atoms with Crippen LogP contribution in [0.4, 0.5) is 15.8 Å². The number of ether oxygens (including phenoxy) is 2. The van der Waals surface area contributed by atoms with Crippen LogP contribution in [0.1, 0.15) is 11.1 Å². The van der Waals surface area contributed by atoms with Gasteiger partial charge in [0, 0.05) is 18.3 Å². The maximum Gasteiger partial charge on any atom is 0.282 e. The second kappa shape index (κ2) is 8.09. The Hall–Kier alpha value is -4.13. The summed E-state index contributed by atoms with van der Waals surface area (Å²) in [4.78, 5) is 30.5. The second-order valence-electron chi connectivity index (χ2n) is 7.75. The third kappa shape index (κ3) is 3.33. The van der Waals surface area contributed by atoms with Crippen molar-refractivity contribution in [3.05, 3.63) is 89.4 Å². The van der Waals surface area contributed by atoms with E-state index in [1.165, 1.54) is 38.5 Å². The van der Waals surface area contributed by atoms with Crippen molar-refractivity contribution in [2.24, 2.45) is 0 Å². The number of imide groups is 1. The van der Waals surface area contributed by atoms with Crippen LogP contribution in [0.25, 0.3) is 5.57 Å². The number of fused-ring (bicyclic) bond motifs is 1. The van der Waals surface area contributed by atoms with Crippen LogP contribution in [-0.2, 0) is 16.0 Å². The average Bonchev–Trinajstić information content (AvgIpc) is 3.37. The molecule has 166 valence electrons. The molecule has 0 atom stereocenters. The summed E-state index contributed by atoms with van der Waals surface area (Å²) in [5, 5.41) is 0. The molecule has 0 aliphatic carbocycles. The molecule has 0 unspecified atom stereocenters. The first-order valence-corrected chi connectivity index (χ1v) is 10.5. The van der Waals surface area contributed by atoms with E-state index >= 15 is 0 Å². The molecule has 7 heteroatoms. The van der Waals surface area contributed by atoms with E-state index in [0.29, 0.717) is 29.3 Å². The first-order chi connectivity index (χ1) is 16.0. The maximum atomic E-state index is 13.8. The van der Waals surface area contributed by atoms with Crippen molar-refractivity contribution < 1.29 is 23.5 Å². The van der Waals surface area contributed by atoms with E-state index < -0.39 is 17.6 Å². The summed E-state index contributed by atoms with van der Waals surface area (Å²) in [5.41, 5.74) is 3.37. The molecule has 2 heterocycles. The molecule has 6 nitrogen and oxygen atoms in total. The molecular weight excluding hydrogens is 423 g/mol. The number of carbonyl (C=O) groups excluding carboxylic acids is 2. The van der Waals surface area contributed by atoms with E-state index in [-0.39, 0.29) is 11.3 Å². The first kappa shape index (κ1) is 20.8. The number of hydrogen-bond acceptors (Lipinski definition) is 5. The number of methoxy groups -OCH3 is 2. The van der Waals surface area contributed by atoms with Gasteiger partial charge in [0.05, 0.1) is 25.5 Å². The molecule has 0 saturated heterocycles. The van der Waals surface area contributed by atoms with E-state index in [1.54, 1.807) is 18.2 Å². The Morgan fingerprint density at radius 3 is 2.30 bits per heavy atom. The van der Waals surface area contributed by atoms with E-state index in [4.69, 9.17) is 9.47 Å². The molecule has 2 aliphatic rings. The third-order valence-electron chi connectivity index (χ3n) is 5.97. The fourth-order valence-electron chi connectivity index (χ4n) is 4.41. The Kier molecular flexibility index (Phi) is 5.09. The third-order valence-corrected chi connectivity index (χ3v) is 5.97. The highest BCUT2D eigenvalue weighted by molar-refractivity contribution is 6.46. The molecule has 3 aromatic rings. The number of carbonyl (C=O) groups is 2. The summed E-state index contributed by atoms with van der Waals surface area (Å²) < 4.78 is 24.3. The lowest BCUT2D eigenvalue weighted by Gasteiger charge is -2.22. The fourth-order valence-corrected chi connectivity index (χ4v) is 4.41. The van der Waals surface area contributed by atoms with Gasteiger partial charge in [0.2, 0.25) is 0 Å². The predicted octanol–water partition coefficient (Wildman–Crippen LogP) is 4.19. The SMILES string of the molecule is COc1ccc(N2C(=O)C(c3ccc(F)cc3)=C(N3CCc4ccccc43)C2=O)cc1OC. The van der Waals surface area contributed by atoms with Crippen molar-refractivity contribution in [2.45, 2.75) is 6.42 Å². The van der Waals surface area contributed by atoms with Gasteiger partial charge in [-0.3, -0.25) is 9.59 Å². The van der Waals surface area contributed by atoms with Gasteiger partial charge in [-0.2, -0.15) is 0 Å². The summed E-state index contributed by atoms with van der Waals surface area (Å²) in [7, 11) is 3.00. The molecule has 0 saturated carbocycles. The van der Waals surface area contributed by atoms with E-state index in [2.05, 4.69) is 0 Å². The van der Waals surface area contributed by atoms with Crippen molar-refractivity contribution in [2.75, 3.05) is 30.6 Å². The maximum absolute atomic E-state index is 13.8. The van der Waals surface area contributed by atoms with Crippen LogP contribution >= 0.6 is 0 Å². The Morgan fingerprint density at radius 1 is 0.848 bits per heavy atom. The number of halogens is 1. The quantitative estimate of drug-likeness (QED) is 0.553. The number of hydrogen-bond donors (Lipinski definition) is 0. The summed E-state index contributed by atoms with van der Waals surface area (Å²) >= 11 is 0. The van der Waals surface area contributed by atoms with Crippen LogP contribution in [0.2, 0.25) is 0 Å². The zero-order valence-electron chi connectivity index (χ0n) is 18.2. The summed E-state index contributed by atoms with van der Waals surface area (Å²) in [6.07, 6.45) is 0.758. The molecule has 0 aromatic heterocycles.